The number of pyridine rings is 1. The van der Waals surface area contributed by atoms with E-state index in [1.54, 1.807) is 0 Å². The highest BCUT2D eigenvalue weighted by atomic mass is 16.5. The van der Waals surface area contributed by atoms with Crippen LogP contribution in [0.1, 0.15) is 24.2 Å². The molecule has 3 rings (SSSR count). The third kappa shape index (κ3) is 2.10. The number of nitrogens with zero attached hydrogens (tertiary/aromatic N) is 3. The molecule has 0 spiro atoms. The number of hydrogen-bond acceptors (Lipinski definition) is 6. The van der Waals surface area contributed by atoms with Crippen LogP contribution in [0, 0.1) is 13.8 Å². The lowest BCUT2D eigenvalue weighted by atomic mass is 9.86. The Balaban J connectivity index is 1.98. The Morgan fingerprint density at radius 1 is 1.25 bits per heavy atom. The van der Waals surface area contributed by atoms with Crippen molar-refractivity contribution >= 4 is 0 Å². The first-order chi connectivity index (χ1) is 9.49. The highest BCUT2D eigenvalue weighted by molar-refractivity contribution is 5.55. The highest BCUT2D eigenvalue weighted by Crippen LogP contribution is 2.32. The molecule has 2 aromatic heterocycles. The van der Waals surface area contributed by atoms with E-state index in [1.165, 1.54) is 0 Å². The molecule has 1 aliphatic heterocycles. The van der Waals surface area contributed by atoms with Gasteiger partial charge in [0.2, 0.25) is 11.7 Å². The summed E-state index contributed by atoms with van der Waals surface area (Å²) in [5.74, 6) is 1.10. The number of nitrogens with two attached hydrogens (primary N) is 1. The van der Waals surface area contributed by atoms with Crippen molar-refractivity contribution in [2.75, 3.05) is 13.2 Å². The van der Waals surface area contributed by atoms with Gasteiger partial charge in [0.15, 0.2) is 0 Å². The Kier molecular flexibility index (Phi) is 3.07. The summed E-state index contributed by atoms with van der Waals surface area (Å²) in [6.45, 7) is 6.90. The fraction of sp³-hybridized carbons (Fsp3) is 0.500. The van der Waals surface area contributed by atoms with Gasteiger partial charge in [0.05, 0.1) is 18.6 Å². The number of ether oxygens (including phenoxy) is 1. The summed E-state index contributed by atoms with van der Waals surface area (Å²) in [6, 6.07) is 3.75. The first-order valence-corrected chi connectivity index (χ1v) is 6.62. The number of aromatic nitrogens is 3. The quantitative estimate of drug-likeness (QED) is 0.889. The van der Waals surface area contributed by atoms with E-state index in [4.69, 9.17) is 15.0 Å². The van der Waals surface area contributed by atoms with Crippen LogP contribution in [-0.4, -0.2) is 34.4 Å². The molecule has 0 aliphatic carbocycles. The SMILES string of the molecule is Cc1cc(-c2noc(C3(C)COCC3N)n2)cc(C)n1. The van der Waals surface area contributed by atoms with E-state index in [0.717, 1.165) is 17.0 Å². The highest BCUT2D eigenvalue weighted by Gasteiger charge is 2.44. The van der Waals surface area contributed by atoms with Gasteiger partial charge < -0.3 is 15.0 Å². The molecule has 0 bridgehead atoms. The van der Waals surface area contributed by atoms with E-state index in [0.29, 0.717) is 24.9 Å². The van der Waals surface area contributed by atoms with Gasteiger partial charge in [0, 0.05) is 23.0 Å². The topological polar surface area (TPSA) is 87.1 Å². The van der Waals surface area contributed by atoms with Crippen LogP contribution in [0.2, 0.25) is 0 Å². The molecule has 2 N–H and O–H groups in total. The lowest BCUT2D eigenvalue weighted by molar-refractivity contribution is 0.169. The molecule has 6 nitrogen and oxygen atoms in total. The fourth-order valence-corrected chi connectivity index (χ4v) is 2.45. The van der Waals surface area contributed by atoms with Gasteiger partial charge in [-0.15, -0.1) is 0 Å². The standard InChI is InChI=1S/C14H18N4O2/c1-8-4-10(5-9(2)16-8)12-17-13(20-18-12)14(3)7-19-6-11(14)15/h4-5,11H,6-7,15H2,1-3H3. The normalized spacial score (nSPS) is 26.1. The van der Waals surface area contributed by atoms with Gasteiger partial charge in [-0.3, -0.25) is 4.98 Å². The largest absolute Gasteiger partial charge is 0.379 e. The lowest BCUT2D eigenvalue weighted by Crippen LogP contribution is -2.42. The molecule has 106 valence electrons. The molecule has 1 fully saturated rings. The minimum absolute atomic E-state index is 0.128. The van der Waals surface area contributed by atoms with Gasteiger partial charge >= 0.3 is 0 Å². The molecule has 2 atom stereocenters. The third-order valence-corrected chi connectivity index (χ3v) is 3.77. The van der Waals surface area contributed by atoms with E-state index in [2.05, 4.69) is 15.1 Å². The zero-order chi connectivity index (χ0) is 14.3. The zero-order valence-electron chi connectivity index (χ0n) is 11.9. The van der Waals surface area contributed by atoms with Crippen molar-refractivity contribution in [2.24, 2.45) is 5.73 Å². The van der Waals surface area contributed by atoms with E-state index >= 15 is 0 Å². The van der Waals surface area contributed by atoms with Crippen molar-refractivity contribution < 1.29 is 9.26 Å². The van der Waals surface area contributed by atoms with Crippen molar-refractivity contribution in [1.82, 2.24) is 15.1 Å². The second-order valence-electron chi connectivity index (χ2n) is 5.60. The molecule has 0 radical (unpaired) electrons. The van der Waals surface area contributed by atoms with Gasteiger partial charge in [-0.05, 0) is 32.9 Å². The molecule has 2 aromatic rings. The Labute approximate surface area is 117 Å². The smallest absolute Gasteiger partial charge is 0.236 e. The third-order valence-electron chi connectivity index (χ3n) is 3.77. The minimum atomic E-state index is -0.414. The summed E-state index contributed by atoms with van der Waals surface area (Å²) in [4.78, 5) is 8.84. The Hall–Kier alpha value is -1.79. The maximum Gasteiger partial charge on any atom is 0.236 e. The van der Waals surface area contributed by atoms with Gasteiger partial charge in [-0.2, -0.15) is 4.98 Å². The average Bonchev–Trinajstić information content (AvgIpc) is 2.97. The zero-order valence-corrected chi connectivity index (χ0v) is 11.9. The van der Waals surface area contributed by atoms with Crippen LogP contribution in [0.4, 0.5) is 0 Å². The minimum Gasteiger partial charge on any atom is -0.379 e. The molecule has 0 saturated carbocycles. The van der Waals surface area contributed by atoms with E-state index in [9.17, 15) is 0 Å². The second kappa shape index (κ2) is 4.64. The molecular formula is C14H18N4O2. The summed E-state index contributed by atoms with van der Waals surface area (Å²) in [5.41, 5.74) is 8.43. The van der Waals surface area contributed by atoms with E-state index < -0.39 is 5.41 Å². The van der Waals surface area contributed by atoms with Gasteiger partial charge in [-0.1, -0.05) is 5.16 Å². The van der Waals surface area contributed by atoms with Crippen LogP contribution in [0.15, 0.2) is 16.7 Å². The average molecular weight is 274 g/mol. The molecule has 2 unspecified atom stereocenters. The molecule has 20 heavy (non-hydrogen) atoms. The van der Waals surface area contributed by atoms with Gasteiger partial charge in [0.25, 0.3) is 0 Å². The summed E-state index contributed by atoms with van der Waals surface area (Å²) in [5, 5.41) is 4.07. The van der Waals surface area contributed by atoms with Crippen LogP contribution < -0.4 is 5.73 Å². The molecule has 3 heterocycles. The van der Waals surface area contributed by atoms with Crippen LogP contribution >= 0.6 is 0 Å². The molecule has 1 saturated heterocycles. The Morgan fingerprint density at radius 2 is 1.95 bits per heavy atom. The second-order valence-corrected chi connectivity index (χ2v) is 5.60. The molecule has 0 aromatic carbocycles. The number of hydrogen-bond donors (Lipinski definition) is 1. The van der Waals surface area contributed by atoms with Crippen LogP contribution in [0.5, 0.6) is 0 Å². The number of aryl methyl sites for hydroxylation is 2. The Bertz CT molecular complexity index is 620. The summed E-state index contributed by atoms with van der Waals surface area (Å²) >= 11 is 0. The lowest BCUT2D eigenvalue weighted by Gasteiger charge is -2.21. The van der Waals surface area contributed by atoms with Crippen molar-refractivity contribution in [1.29, 1.82) is 0 Å². The predicted molar refractivity (Wildman–Crippen MR) is 73.1 cm³/mol. The molecule has 1 aliphatic rings. The number of rotatable bonds is 2. The van der Waals surface area contributed by atoms with E-state index in [1.807, 2.05) is 32.9 Å². The fourth-order valence-electron chi connectivity index (χ4n) is 2.45. The van der Waals surface area contributed by atoms with Crippen molar-refractivity contribution in [3.8, 4) is 11.4 Å². The first kappa shape index (κ1) is 13.2. The van der Waals surface area contributed by atoms with Crippen molar-refractivity contribution in [3.05, 3.63) is 29.4 Å². The Morgan fingerprint density at radius 3 is 2.55 bits per heavy atom. The van der Waals surface area contributed by atoms with E-state index in [-0.39, 0.29) is 6.04 Å². The molecule has 6 heteroatoms. The van der Waals surface area contributed by atoms with Crippen LogP contribution in [-0.2, 0) is 10.2 Å². The molecular weight excluding hydrogens is 256 g/mol. The summed E-state index contributed by atoms with van der Waals surface area (Å²) in [7, 11) is 0. The van der Waals surface area contributed by atoms with Gasteiger partial charge in [0.1, 0.15) is 0 Å². The van der Waals surface area contributed by atoms with Crippen LogP contribution in [0.25, 0.3) is 11.4 Å². The summed E-state index contributed by atoms with van der Waals surface area (Å²) in [6.07, 6.45) is 0. The molecule has 0 amide bonds. The van der Waals surface area contributed by atoms with Crippen molar-refractivity contribution in [3.63, 3.8) is 0 Å². The van der Waals surface area contributed by atoms with Gasteiger partial charge in [-0.25, -0.2) is 0 Å². The predicted octanol–water partition coefficient (Wildman–Crippen LogP) is 1.36. The maximum absolute atomic E-state index is 6.08. The first-order valence-electron chi connectivity index (χ1n) is 6.62. The van der Waals surface area contributed by atoms with Crippen molar-refractivity contribution in [2.45, 2.75) is 32.2 Å². The summed E-state index contributed by atoms with van der Waals surface area (Å²) < 4.78 is 10.8. The maximum atomic E-state index is 6.08. The monoisotopic (exact) mass is 274 g/mol. The van der Waals surface area contributed by atoms with Crippen LogP contribution in [0.3, 0.4) is 0 Å².